The van der Waals surface area contributed by atoms with Gasteiger partial charge in [0, 0.05) is 12.2 Å². The summed E-state index contributed by atoms with van der Waals surface area (Å²) in [5, 5.41) is 0. The van der Waals surface area contributed by atoms with E-state index in [4.69, 9.17) is 0 Å². The van der Waals surface area contributed by atoms with Crippen molar-refractivity contribution in [2.45, 2.75) is 0 Å². The number of rotatable bonds is 0. The summed E-state index contributed by atoms with van der Waals surface area (Å²) in [6.45, 7) is 0. The van der Waals surface area contributed by atoms with Crippen molar-refractivity contribution < 1.29 is 67.1 Å². The summed E-state index contributed by atoms with van der Waals surface area (Å²) in [4.78, 5) is 19.8. The zero-order chi connectivity index (χ0) is 5.28. The van der Waals surface area contributed by atoms with Gasteiger partial charge < -0.3 is 6.16 Å². The van der Waals surface area contributed by atoms with Crippen LogP contribution in [-0.2, 0) is 14.3 Å². The van der Waals surface area contributed by atoms with E-state index in [1.165, 1.54) is 0 Å². The van der Waals surface area contributed by atoms with Gasteiger partial charge >= 0.3 is 63.3 Å². The Hall–Kier alpha value is 0.516. The first kappa shape index (κ1) is 8.52. The summed E-state index contributed by atoms with van der Waals surface area (Å²) in [5.41, 5.74) is 0. The zero-order valence-corrected chi connectivity index (χ0v) is 7.50. The van der Waals surface area contributed by atoms with Crippen molar-refractivity contribution >= 4 is 11.9 Å². The van der Waals surface area contributed by atoms with Crippen molar-refractivity contribution in [2.75, 3.05) is 0 Å². The molecule has 0 unspecified atom stereocenters. The number of ether oxygens (including phenoxy) is 1. The summed E-state index contributed by atoms with van der Waals surface area (Å²) in [6, 6.07) is 0. The van der Waals surface area contributed by atoms with Gasteiger partial charge in [0.2, 0.25) is 0 Å². The van der Waals surface area contributed by atoms with Gasteiger partial charge in [-0.25, -0.2) is 9.59 Å². The molecule has 3 nitrogen and oxygen atoms in total. The third-order valence-corrected chi connectivity index (χ3v) is 0.557. The zero-order valence-electron chi connectivity index (χ0n) is 5.38. The summed E-state index contributed by atoms with van der Waals surface area (Å²) >= 11 is 0. The minimum absolute atomic E-state index is 0. The summed E-state index contributed by atoms with van der Waals surface area (Å²) < 4.78 is 3.97. The van der Waals surface area contributed by atoms with Crippen molar-refractivity contribution in [3.8, 4) is 0 Å². The van der Waals surface area contributed by atoms with Gasteiger partial charge in [-0.1, -0.05) is 0 Å². The maximum atomic E-state index is 9.92. The Morgan fingerprint density at radius 3 is 1.75 bits per heavy atom. The molecule has 0 aromatic heterocycles. The average molecular weight is 138 g/mol. The van der Waals surface area contributed by atoms with Gasteiger partial charge in [-0.2, -0.15) is 0 Å². The van der Waals surface area contributed by atoms with Crippen LogP contribution in [0.3, 0.4) is 0 Å². The molecule has 0 amide bonds. The Kier molecular flexibility index (Phi) is 3.75. The molecule has 0 aromatic carbocycles. The molecule has 1 heterocycles. The van der Waals surface area contributed by atoms with E-state index in [0.29, 0.717) is 0 Å². The average Bonchev–Trinajstić information content (AvgIpc) is 1.87. The Labute approximate surface area is 90.0 Å². The standard InChI is InChI=1S/C4H2O3.K.H/c5-3-1-2-4(6)7-3;;/h1-2H;;/q;+1;-1. The van der Waals surface area contributed by atoms with E-state index in [1.54, 1.807) is 0 Å². The fourth-order valence-corrected chi connectivity index (χ4v) is 0.303. The molecule has 0 atom stereocenters. The number of carbonyl (C=O) groups is 2. The maximum absolute atomic E-state index is 9.92. The van der Waals surface area contributed by atoms with Crippen LogP contribution < -0.4 is 51.4 Å². The van der Waals surface area contributed by atoms with E-state index in [-0.39, 0.29) is 52.8 Å². The Bertz CT molecular complexity index is 138. The first-order valence-electron chi connectivity index (χ1n) is 1.73. The number of hydrogen-bond acceptors (Lipinski definition) is 3. The summed E-state index contributed by atoms with van der Waals surface area (Å²) in [5.74, 6) is -1.16. The van der Waals surface area contributed by atoms with Crippen LogP contribution in [0.1, 0.15) is 1.43 Å². The van der Waals surface area contributed by atoms with Crippen LogP contribution in [-0.4, -0.2) is 11.9 Å². The van der Waals surface area contributed by atoms with E-state index in [9.17, 15) is 9.59 Å². The molecule has 1 rings (SSSR count). The second kappa shape index (κ2) is 3.52. The Morgan fingerprint density at radius 1 is 1.25 bits per heavy atom. The Balaban J connectivity index is 0. The molecular weight excluding hydrogens is 135 g/mol. The molecular formula is C4H3KO3. The quantitative estimate of drug-likeness (QED) is 0.200. The van der Waals surface area contributed by atoms with Gasteiger partial charge in [0.25, 0.3) is 0 Å². The first-order valence-corrected chi connectivity index (χ1v) is 1.73. The van der Waals surface area contributed by atoms with Crippen LogP contribution in [0, 0.1) is 0 Å². The largest absolute Gasteiger partial charge is 1.00 e. The van der Waals surface area contributed by atoms with Gasteiger partial charge in [-0.05, 0) is 0 Å². The fourth-order valence-electron chi connectivity index (χ4n) is 0.303. The fraction of sp³-hybridized carbons (Fsp3) is 0. The van der Waals surface area contributed by atoms with Crippen LogP contribution in [0.4, 0.5) is 0 Å². The smallest absolute Gasteiger partial charge is 1.00 e. The second-order valence-electron chi connectivity index (χ2n) is 1.07. The number of esters is 2. The molecule has 0 N–H and O–H groups in total. The van der Waals surface area contributed by atoms with Crippen LogP contribution in [0.2, 0.25) is 0 Å². The molecule has 0 fully saturated rings. The Morgan fingerprint density at radius 2 is 1.62 bits per heavy atom. The predicted octanol–water partition coefficient (Wildman–Crippen LogP) is -3.26. The number of hydrogen-bond donors (Lipinski definition) is 0. The predicted molar refractivity (Wildman–Crippen MR) is 21.4 cm³/mol. The third kappa shape index (κ3) is 2.19. The second-order valence-corrected chi connectivity index (χ2v) is 1.07. The van der Waals surface area contributed by atoms with Crippen molar-refractivity contribution in [1.82, 2.24) is 0 Å². The molecule has 0 radical (unpaired) electrons. The molecule has 1 aliphatic heterocycles. The molecule has 0 aliphatic carbocycles. The van der Waals surface area contributed by atoms with E-state index >= 15 is 0 Å². The number of cyclic esters (lactones) is 2. The van der Waals surface area contributed by atoms with E-state index in [2.05, 4.69) is 4.74 Å². The molecule has 0 spiro atoms. The van der Waals surface area contributed by atoms with Crippen molar-refractivity contribution in [2.24, 2.45) is 0 Å². The minimum Gasteiger partial charge on any atom is -1.00 e. The SMILES string of the molecule is O=C1C=CC(=O)O1.[H-].[K+]. The van der Waals surface area contributed by atoms with E-state index in [0.717, 1.165) is 12.2 Å². The monoisotopic (exact) mass is 138 g/mol. The molecule has 4 heteroatoms. The van der Waals surface area contributed by atoms with Gasteiger partial charge in [0.15, 0.2) is 0 Å². The third-order valence-electron chi connectivity index (χ3n) is 0.557. The van der Waals surface area contributed by atoms with Crippen molar-refractivity contribution in [1.29, 1.82) is 0 Å². The molecule has 0 saturated carbocycles. The van der Waals surface area contributed by atoms with Crippen LogP contribution in [0.15, 0.2) is 12.2 Å². The van der Waals surface area contributed by atoms with Gasteiger partial charge in [0.05, 0.1) is 0 Å². The van der Waals surface area contributed by atoms with Crippen LogP contribution in [0.5, 0.6) is 0 Å². The maximum Gasteiger partial charge on any atom is 1.00 e. The minimum atomic E-state index is -0.579. The van der Waals surface area contributed by atoms with Crippen molar-refractivity contribution in [3.05, 3.63) is 12.2 Å². The van der Waals surface area contributed by atoms with E-state index < -0.39 is 11.9 Å². The van der Waals surface area contributed by atoms with Crippen LogP contribution in [0.25, 0.3) is 0 Å². The normalized spacial score (nSPS) is 15.5. The molecule has 1 aliphatic rings. The van der Waals surface area contributed by atoms with Gasteiger partial charge in [-0.15, -0.1) is 0 Å². The van der Waals surface area contributed by atoms with Crippen LogP contribution >= 0.6 is 0 Å². The molecule has 0 bridgehead atoms. The topological polar surface area (TPSA) is 43.4 Å². The first-order chi connectivity index (χ1) is 3.29. The number of carbonyl (C=O) groups excluding carboxylic acids is 2. The molecule has 0 saturated heterocycles. The van der Waals surface area contributed by atoms with E-state index in [1.807, 2.05) is 0 Å². The van der Waals surface area contributed by atoms with Gasteiger partial charge in [-0.3, -0.25) is 0 Å². The molecule has 38 valence electrons. The summed E-state index contributed by atoms with van der Waals surface area (Å²) in [6.07, 6.45) is 2.17. The summed E-state index contributed by atoms with van der Waals surface area (Å²) in [7, 11) is 0. The molecule has 0 aromatic rings. The molecule has 8 heavy (non-hydrogen) atoms. The van der Waals surface area contributed by atoms with Gasteiger partial charge in [0.1, 0.15) is 0 Å². The van der Waals surface area contributed by atoms with Crippen molar-refractivity contribution in [3.63, 3.8) is 0 Å².